The van der Waals surface area contributed by atoms with E-state index in [-0.39, 0.29) is 5.69 Å². The fourth-order valence-corrected chi connectivity index (χ4v) is 3.17. The Labute approximate surface area is 142 Å². The second-order valence-electron chi connectivity index (χ2n) is 4.88. The summed E-state index contributed by atoms with van der Waals surface area (Å²) >= 11 is 1.47. The summed E-state index contributed by atoms with van der Waals surface area (Å²) in [5.41, 5.74) is 1.52. The third kappa shape index (κ3) is 3.07. The third-order valence-electron chi connectivity index (χ3n) is 3.44. The Morgan fingerprint density at radius 3 is 2.71 bits per heavy atom. The minimum Gasteiger partial charge on any atom is -0.493 e. The Bertz CT molecular complexity index is 933. The lowest BCUT2D eigenvalue weighted by molar-refractivity contribution is -0.384. The largest absolute Gasteiger partial charge is 0.493 e. The van der Waals surface area contributed by atoms with E-state index in [9.17, 15) is 10.1 Å². The fraction of sp³-hybridized carbons (Fsp3) is 0.118. The lowest BCUT2D eigenvalue weighted by atomic mass is 10.1. The molecule has 0 bridgehead atoms. The molecule has 0 saturated heterocycles. The van der Waals surface area contributed by atoms with Crippen molar-refractivity contribution in [3.8, 4) is 11.5 Å². The zero-order valence-electron chi connectivity index (χ0n) is 13.1. The van der Waals surface area contributed by atoms with E-state index in [4.69, 9.17) is 9.47 Å². The number of fused-ring (bicyclic) bond motifs is 1. The van der Waals surface area contributed by atoms with Crippen LogP contribution in [0, 0.1) is 10.1 Å². The number of nitro benzene ring substituents is 1. The van der Waals surface area contributed by atoms with Crippen LogP contribution < -0.4 is 9.47 Å². The normalized spacial score (nSPS) is 11.1. The number of non-ortho nitro benzene ring substituents is 1. The van der Waals surface area contributed by atoms with Gasteiger partial charge in [0.1, 0.15) is 5.01 Å². The second kappa shape index (κ2) is 6.67. The summed E-state index contributed by atoms with van der Waals surface area (Å²) in [7, 11) is 3.18. The first-order valence-corrected chi connectivity index (χ1v) is 7.88. The van der Waals surface area contributed by atoms with Crippen molar-refractivity contribution >= 4 is 39.4 Å². The van der Waals surface area contributed by atoms with Crippen LogP contribution in [-0.2, 0) is 0 Å². The Kier molecular flexibility index (Phi) is 4.43. The lowest BCUT2D eigenvalue weighted by Crippen LogP contribution is -1.92. The monoisotopic (exact) mass is 342 g/mol. The molecule has 24 heavy (non-hydrogen) atoms. The van der Waals surface area contributed by atoms with E-state index < -0.39 is 4.92 Å². The summed E-state index contributed by atoms with van der Waals surface area (Å²) in [4.78, 5) is 14.8. The first-order chi connectivity index (χ1) is 11.6. The molecule has 0 atom stereocenters. The standard InChI is InChI=1S/C17H14N2O4S/c1-22-14-5-3-4-11(17(14)23-2)6-9-16-18-13-10-12(19(20)21)7-8-15(13)24-16/h3-10H,1-2H3/b9-6+. The number of hydrogen-bond acceptors (Lipinski definition) is 6. The molecule has 0 fully saturated rings. The van der Waals surface area contributed by atoms with E-state index in [1.54, 1.807) is 20.3 Å². The van der Waals surface area contributed by atoms with Crippen molar-refractivity contribution in [2.24, 2.45) is 0 Å². The van der Waals surface area contributed by atoms with Gasteiger partial charge in [-0.3, -0.25) is 10.1 Å². The first-order valence-electron chi connectivity index (χ1n) is 7.06. The van der Waals surface area contributed by atoms with Crippen LogP contribution in [-0.4, -0.2) is 24.1 Å². The van der Waals surface area contributed by atoms with Crippen molar-refractivity contribution in [1.82, 2.24) is 4.98 Å². The molecular weight excluding hydrogens is 328 g/mol. The van der Waals surface area contributed by atoms with Crippen LogP contribution in [0.4, 0.5) is 5.69 Å². The van der Waals surface area contributed by atoms with Crippen LogP contribution in [0.5, 0.6) is 11.5 Å². The molecule has 0 unspecified atom stereocenters. The molecule has 2 aromatic carbocycles. The van der Waals surface area contributed by atoms with Crippen LogP contribution in [0.1, 0.15) is 10.6 Å². The molecule has 0 radical (unpaired) electrons. The maximum Gasteiger partial charge on any atom is 0.271 e. The second-order valence-corrected chi connectivity index (χ2v) is 5.94. The molecule has 0 aliphatic heterocycles. The van der Waals surface area contributed by atoms with Crippen LogP contribution in [0.2, 0.25) is 0 Å². The highest BCUT2D eigenvalue weighted by Crippen LogP contribution is 2.32. The van der Waals surface area contributed by atoms with E-state index in [1.165, 1.54) is 23.5 Å². The van der Waals surface area contributed by atoms with Crippen molar-refractivity contribution in [2.75, 3.05) is 14.2 Å². The molecule has 1 aromatic heterocycles. The van der Waals surface area contributed by atoms with Crippen LogP contribution in [0.25, 0.3) is 22.4 Å². The summed E-state index contributed by atoms with van der Waals surface area (Å²) in [5.74, 6) is 1.30. The van der Waals surface area contributed by atoms with Gasteiger partial charge in [-0.25, -0.2) is 4.98 Å². The van der Waals surface area contributed by atoms with E-state index in [2.05, 4.69) is 4.98 Å². The predicted octanol–water partition coefficient (Wildman–Crippen LogP) is 4.39. The molecule has 122 valence electrons. The van der Waals surface area contributed by atoms with Gasteiger partial charge >= 0.3 is 0 Å². The van der Waals surface area contributed by atoms with E-state index >= 15 is 0 Å². The van der Waals surface area contributed by atoms with Gasteiger partial charge in [-0.2, -0.15) is 0 Å². The SMILES string of the molecule is COc1cccc(/C=C/c2nc3cc([N+](=O)[O-])ccc3s2)c1OC. The molecule has 3 aromatic rings. The summed E-state index contributed by atoms with van der Waals surface area (Å²) < 4.78 is 11.6. The highest BCUT2D eigenvalue weighted by molar-refractivity contribution is 7.19. The molecular formula is C17H14N2O4S. The summed E-state index contributed by atoms with van der Waals surface area (Å²) in [6, 6.07) is 10.3. The molecule has 0 aliphatic rings. The van der Waals surface area contributed by atoms with E-state index in [1.807, 2.05) is 30.4 Å². The number of para-hydroxylation sites is 1. The van der Waals surface area contributed by atoms with Gasteiger partial charge in [-0.05, 0) is 24.3 Å². The van der Waals surface area contributed by atoms with Gasteiger partial charge in [0, 0.05) is 17.7 Å². The number of rotatable bonds is 5. The van der Waals surface area contributed by atoms with Crippen molar-refractivity contribution in [2.45, 2.75) is 0 Å². The Hall–Kier alpha value is -2.93. The smallest absolute Gasteiger partial charge is 0.271 e. The zero-order valence-corrected chi connectivity index (χ0v) is 13.9. The predicted molar refractivity (Wildman–Crippen MR) is 94.7 cm³/mol. The Morgan fingerprint density at radius 1 is 1.17 bits per heavy atom. The topological polar surface area (TPSA) is 74.5 Å². The van der Waals surface area contributed by atoms with Gasteiger partial charge in [0.2, 0.25) is 0 Å². The Balaban J connectivity index is 1.95. The maximum atomic E-state index is 10.8. The average Bonchev–Trinajstić information content (AvgIpc) is 3.01. The van der Waals surface area contributed by atoms with Crippen molar-refractivity contribution < 1.29 is 14.4 Å². The van der Waals surface area contributed by atoms with E-state index in [0.29, 0.717) is 17.0 Å². The number of aromatic nitrogens is 1. The number of methoxy groups -OCH3 is 2. The molecule has 3 rings (SSSR count). The van der Waals surface area contributed by atoms with Crippen molar-refractivity contribution in [3.63, 3.8) is 0 Å². The minimum atomic E-state index is -0.421. The molecule has 1 heterocycles. The molecule has 6 nitrogen and oxygen atoms in total. The summed E-state index contributed by atoms with van der Waals surface area (Å²) in [6.07, 6.45) is 3.74. The summed E-state index contributed by atoms with van der Waals surface area (Å²) in [6.45, 7) is 0. The zero-order chi connectivity index (χ0) is 17.1. The Morgan fingerprint density at radius 2 is 2.00 bits per heavy atom. The van der Waals surface area contributed by atoms with Crippen LogP contribution >= 0.6 is 11.3 Å². The van der Waals surface area contributed by atoms with Crippen LogP contribution in [0.3, 0.4) is 0 Å². The highest BCUT2D eigenvalue weighted by atomic mass is 32.1. The summed E-state index contributed by atoms with van der Waals surface area (Å²) in [5, 5.41) is 11.6. The van der Waals surface area contributed by atoms with Crippen LogP contribution in [0.15, 0.2) is 36.4 Å². The molecule has 7 heteroatoms. The third-order valence-corrected chi connectivity index (χ3v) is 4.44. The molecule has 0 amide bonds. The molecule has 0 aliphatic carbocycles. The molecule has 0 spiro atoms. The fourth-order valence-electron chi connectivity index (χ4n) is 2.32. The number of hydrogen-bond donors (Lipinski definition) is 0. The van der Waals surface area contributed by atoms with Gasteiger partial charge in [0.05, 0.1) is 29.4 Å². The minimum absolute atomic E-state index is 0.0396. The van der Waals surface area contributed by atoms with Gasteiger partial charge in [-0.1, -0.05) is 12.1 Å². The number of thiazole rings is 1. The lowest BCUT2D eigenvalue weighted by Gasteiger charge is -2.09. The van der Waals surface area contributed by atoms with Gasteiger partial charge in [0.25, 0.3) is 5.69 Å². The number of nitrogens with zero attached hydrogens (tertiary/aromatic N) is 2. The van der Waals surface area contributed by atoms with Crippen molar-refractivity contribution in [1.29, 1.82) is 0 Å². The number of nitro groups is 1. The molecule has 0 saturated carbocycles. The van der Waals surface area contributed by atoms with Gasteiger partial charge < -0.3 is 9.47 Å². The quantitative estimate of drug-likeness (QED) is 0.508. The molecule has 0 N–H and O–H groups in total. The van der Waals surface area contributed by atoms with E-state index in [0.717, 1.165) is 15.3 Å². The van der Waals surface area contributed by atoms with Gasteiger partial charge in [-0.15, -0.1) is 11.3 Å². The average molecular weight is 342 g/mol. The number of ether oxygens (including phenoxy) is 2. The van der Waals surface area contributed by atoms with Gasteiger partial charge in [0.15, 0.2) is 11.5 Å². The number of benzene rings is 2. The highest BCUT2D eigenvalue weighted by Gasteiger charge is 2.10. The first kappa shape index (κ1) is 15.9. The maximum absolute atomic E-state index is 10.8. The van der Waals surface area contributed by atoms with Crippen molar-refractivity contribution in [3.05, 3.63) is 57.1 Å².